The fourth-order valence-corrected chi connectivity index (χ4v) is 6.66. The van der Waals surface area contributed by atoms with Gasteiger partial charge < -0.3 is 4.74 Å². The van der Waals surface area contributed by atoms with Crippen molar-refractivity contribution in [2.24, 2.45) is 5.92 Å². The van der Waals surface area contributed by atoms with Crippen LogP contribution in [0.15, 0.2) is 53.4 Å². The Morgan fingerprint density at radius 1 is 0.967 bits per heavy atom. The average molecular weight is 427 g/mol. The van der Waals surface area contributed by atoms with E-state index >= 15 is 0 Å². The van der Waals surface area contributed by atoms with Gasteiger partial charge in [0.25, 0.3) is 0 Å². The van der Waals surface area contributed by atoms with Gasteiger partial charge in [-0.15, -0.1) is 0 Å². The van der Waals surface area contributed by atoms with Crippen LogP contribution < -0.4 is 4.74 Å². The Bertz CT molecular complexity index is 1020. The van der Waals surface area contributed by atoms with E-state index in [4.69, 9.17) is 4.74 Å². The molecule has 2 aliphatic heterocycles. The van der Waals surface area contributed by atoms with E-state index in [1.165, 1.54) is 11.1 Å². The summed E-state index contributed by atoms with van der Waals surface area (Å²) in [6.07, 6.45) is 3.79. The molecule has 0 bridgehead atoms. The largest absolute Gasteiger partial charge is 0.487 e. The summed E-state index contributed by atoms with van der Waals surface area (Å²) in [5.41, 5.74) is 2.65. The third-order valence-corrected chi connectivity index (χ3v) is 8.70. The molecule has 1 aliphatic carbocycles. The number of aryl methyl sites for hydroxylation is 1. The lowest BCUT2D eigenvalue weighted by Gasteiger charge is -2.31. The maximum Gasteiger partial charge on any atom is 0.247 e. The van der Waals surface area contributed by atoms with Crippen molar-refractivity contribution < 1.29 is 13.2 Å². The molecule has 0 amide bonds. The molecular formula is C24H30N2O3S. The van der Waals surface area contributed by atoms with Crippen LogP contribution in [0.5, 0.6) is 5.75 Å². The molecule has 0 unspecified atom stereocenters. The van der Waals surface area contributed by atoms with Gasteiger partial charge in [0.2, 0.25) is 10.0 Å². The second-order valence-electron chi connectivity index (χ2n) is 8.97. The number of benzene rings is 2. The summed E-state index contributed by atoms with van der Waals surface area (Å²) in [7, 11) is -3.55. The number of likely N-dealkylation sites (tertiary alicyclic amines) is 1. The second-order valence-corrected chi connectivity index (χ2v) is 10.8. The monoisotopic (exact) mass is 426 g/mol. The standard InChI is InChI=1S/C24H30N2O3S/c1-18-6-2-3-7-20(18)17-25-14-12-21-22(13-15-25)29-23-8-4-5-9-24(23)30(27,28)26(21)16-19-10-11-19/h2-9,19,21-22H,10-17H2,1H3/t21-,22-/m1/s1. The highest BCUT2D eigenvalue weighted by atomic mass is 32.2. The number of rotatable bonds is 4. The highest BCUT2D eigenvalue weighted by molar-refractivity contribution is 7.89. The molecule has 0 N–H and O–H groups in total. The Kier molecular flexibility index (Phi) is 5.33. The molecule has 5 nitrogen and oxygen atoms in total. The number of fused-ring (bicyclic) bond motifs is 2. The first-order valence-electron chi connectivity index (χ1n) is 11.1. The number of sulfonamides is 1. The summed E-state index contributed by atoms with van der Waals surface area (Å²) in [6.45, 7) is 5.47. The van der Waals surface area contributed by atoms with Gasteiger partial charge in [0.05, 0.1) is 6.04 Å². The fourth-order valence-electron chi connectivity index (χ4n) is 4.78. The maximum atomic E-state index is 13.6. The van der Waals surface area contributed by atoms with Crippen LogP contribution in [0.3, 0.4) is 0 Å². The molecule has 1 saturated carbocycles. The molecule has 30 heavy (non-hydrogen) atoms. The molecule has 2 fully saturated rings. The molecule has 160 valence electrons. The van der Waals surface area contributed by atoms with Gasteiger partial charge in [0, 0.05) is 26.2 Å². The second kappa shape index (κ2) is 7.98. The first-order chi connectivity index (χ1) is 14.5. The molecule has 0 spiro atoms. The van der Waals surface area contributed by atoms with E-state index in [1.807, 2.05) is 6.07 Å². The van der Waals surface area contributed by atoms with E-state index < -0.39 is 10.0 Å². The third kappa shape index (κ3) is 3.88. The Morgan fingerprint density at radius 3 is 2.50 bits per heavy atom. The number of hydrogen-bond donors (Lipinski definition) is 0. The van der Waals surface area contributed by atoms with Crippen LogP contribution >= 0.6 is 0 Å². The Balaban J connectivity index is 1.43. The van der Waals surface area contributed by atoms with Gasteiger partial charge in [-0.3, -0.25) is 4.90 Å². The summed E-state index contributed by atoms with van der Waals surface area (Å²) in [5, 5.41) is 0. The average Bonchev–Trinajstić information content (AvgIpc) is 3.57. The molecule has 2 atom stereocenters. The summed E-state index contributed by atoms with van der Waals surface area (Å²) in [5.74, 6) is 1.01. The Labute approximate surface area is 179 Å². The zero-order valence-electron chi connectivity index (χ0n) is 17.5. The van der Waals surface area contributed by atoms with Crippen molar-refractivity contribution in [1.29, 1.82) is 0 Å². The smallest absolute Gasteiger partial charge is 0.247 e. The predicted molar refractivity (Wildman–Crippen MR) is 117 cm³/mol. The minimum Gasteiger partial charge on any atom is -0.487 e. The van der Waals surface area contributed by atoms with Gasteiger partial charge in [-0.25, -0.2) is 8.42 Å². The Hall–Kier alpha value is -1.89. The summed E-state index contributed by atoms with van der Waals surface area (Å²) in [6, 6.07) is 15.6. The topological polar surface area (TPSA) is 49.9 Å². The van der Waals surface area contributed by atoms with Gasteiger partial charge in [0.1, 0.15) is 16.7 Å². The number of para-hydroxylation sites is 1. The number of ether oxygens (including phenoxy) is 1. The minimum atomic E-state index is -3.55. The van der Waals surface area contributed by atoms with E-state index in [9.17, 15) is 8.42 Å². The lowest BCUT2D eigenvalue weighted by molar-refractivity contribution is 0.111. The summed E-state index contributed by atoms with van der Waals surface area (Å²) < 4.78 is 35.4. The van der Waals surface area contributed by atoms with E-state index in [1.54, 1.807) is 22.5 Å². The molecule has 0 radical (unpaired) electrons. The first-order valence-corrected chi connectivity index (χ1v) is 12.5. The highest BCUT2D eigenvalue weighted by Crippen LogP contribution is 2.40. The zero-order chi connectivity index (χ0) is 20.7. The van der Waals surface area contributed by atoms with Crippen molar-refractivity contribution in [2.45, 2.75) is 56.2 Å². The van der Waals surface area contributed by atoms with Crippen molar-refractivity contribution in [2.75, 3.05) is 19.6 Å². The summed E-state index contributed by atoms with van der Waals surface area (Å²) >= 11 is 0. The maximum absolute atomic E-state index is 13.6. The van der Waals surface area contributed by atoms with Crippen molar-refractivity contribution in [3.63, 3.8) is 0 Å². The van der Waals surface area contributed by atoms with Gasteiger partial charge in [-0.1, -0.05) is 36.4 Å². The number of hydrogen-bond acceptors (Lipinski definition) is 4. The van der Waals surface area contributed by atoms with Gasteiger partial charge >= 0.3 is 0 Å². The van der Waals surface area contributed by atoms with Gasteiger partial charge in [0.15, 0.2) is 0 Å². The van der Waals surface area contributed by atoms with Crippen LogP contribution in [0, 0.1) is 12.8 Å². The molecule has 2 heterocycles. The minimum absolute atomic E-state index is 0.107. The molecule has 5 rings (SSSR count). The van der Waals surface area contributed by atoms with Crippen LogP contribution in [0.2, 0.25) is 0 Å². The molecule has 1 saturated heterocycles. The van der Waals surface area contributed by atoms with Crippen molar-refractivity contribution in [3.05, 3.63) is 59.7 Å². The molecule has 2 aromatic rings. The SMILES string of the molecule is Cc1ccccc1CN1CC[C@@H]2[C@@H](CC1)Oc1ccccc1S(=O)(=O)N2CC1CC1. The Morgan fingerprint density at radius 2 is 1.70 bits per heavy atom. The third-order valence-electron chi connectivity index (χ3n) is 6.77. The van der Waals surface area contributed by atoms with E-state index in [-0.39, 0.29) is 12.1 Å². The van der Waals surface area contributed by atoms with Crippen molar-refractivity contribution in [1.82, 2.24) is 9.21 Å². The van der Waals surface area contributed by atoms with Crippen molar-refractivity contribution in [3.8, 4) is 5.75 Å². The van der Waals surface area contributed by atoms with E-state index in [2.05, 4.69) is 36.1 Å². The quantitative estimate of drug-likeness (QED) is 0.746. The van der Waals surface area contributed by atoms with E-state index in [0.29, 0.717) is 23.1 Å². The summed E-state index contributed by atoms with van der Waals surface area (Å²) in [4.78, 5) is 2.78. The molecule has 6 heteroatoms. The molecule has 0 aromatic heterocycles. The lowest BCUT2D eigenvalue weighted by atomic mass is 10.1. The number of nitrogens with zero attached hydrogens (tertiary/aromatic N) is 2. The van der Waals surface area contributed by atoms with Crippen LogP contribution in [0.1, 0.15) is 36.8 Å². The lowest BCUT2D eigenvalue weighted by Crippen LogP contribution is -2.48. The molecule has 3 aliphatic rings. The van der Waals surface area contributed by atoms with Gasteiger partial charge in [-0.2, -0.15) is 4.31 Å². The first kappa shape index (κ1) is 20.0. The molecule has 2 aromatic carbocycles. The van der Waals surface area contributed by atoms with Gasteiger partial charge in [-0.05, 0) is 61.8 Å². The van der Waals surface area contributed by atoms with Crippen LogP contribution in [0.25, 0.3) is 0 Å². The van der Waals surface area contributed by atoms with Crippen LogP contribution in [-0.2, 0) is 16.6 Å². The predicted octanol–water partition coefficient (Wildman–Crippen LogP) is 3.82. The zero-order valence-corrected chi connectivity index (χ0v) is 18.4. The normalized spacial score (nSPS) is 26.7. The molecular weight excluding hydrogens is 396 g/mol. The van der Waals surface area contributed by atoms with Crippen LogP contribution in [0.4, 0.5) is 0 Å². The van der Waals surface area contributed by atoms with Crippen LogP contribution in [-0.4, -0.2) is 49.4 Å². The van der Waals surface area contributed by atoms with Crippen molar-refractivity contribution >= 4 is 10.0 Å². The highest BCUT2D eigenvalue weighted by Gasteiger charge is 2.45. The van der Waals surface area contributed by atoms with E-state index in [0.717, 1.165) is 45.3 Å². The fraction of sp³-hybridized carbons (Fsp3) is 0.500.